The van der Waals surface area contributed by atoms with Gasteiger partial charge in [0.15, 0.2) is 0 Å². The van der Waals surface area contributed by atoms with Gasteiger partial charge in [0.1, 0.15) is 28.2 Å². The van der Waals surface area contributed by atoms with Crippen LogP contribution in [-0.4, -0.2) is 27.2 Å². The maximum atomic E-state index is 11.0. The zero-order valence-corrected chi connectivity index (χ0v) is 18.7. The molecule has 0 saturated heterocycles. The van der Waals surface area contributed by atoms with Gasteiger partial charge in [-0.25, -0.2) is 0 Å². The van der Waals surface area contributed by atoms with Gasteiger partial charge in [-0.1, -0.05) is 58.4 Å². The molecule has 2 aromatic carbocycles. The predicted molar refractivity (Wildman–Crippen MR) is 123 cm³/mol. The van der Waals surface area contributed by atoms with Crippen LogP contribution in [0.25, 0.3) is 16.7 Å². The molecule has 0 radical (unpaired) electrons. The lowest BCUT2D eigenvalue weighted by atomic mass is 9.98. The number of phenolic OH excluding ortho intramolecular Hbond substituents is 1. The Morgan fingerprint density at radius 3 is 2.23 bits per heavy atom. The third-order valence-corrected chi connectivity index (χ3v) is 5.65. The van der Waals surface area contributed by atoms with E-state index in [1.54, 1.807) is 11.9 Å². The first-order valence-corrected chi connectivity index (χ1v) is 11.4. The Bertz CT molecular complexity index is 949. The Kier molecular flexibility index (Phi) is 8.12. The highest BCUT2D eigenvalue weighted by Gasteiger charge is 2.15. The normalized spacial score (nSPS) is 11.3. The zero-order chi connectivity index (χ0) is 21.3. The number of benzene rings is 2. The molecule has 1 heterocycles. The Labute approximate surface area is 180 Å². The lowest BCUT2D eigenvalue weighted by molar-refractivity contribution is 0.415. The molecule has 5 heteroatoms. The quantitative estimate of drug-likeness (QED) is 0.353. The van der Waals surface area contributed by atoms with Crippen LogP contribution < -0.4 is 4.74 Å². The Balaban J connectivity index is 1.92. The largest absolute Gasteiger partial charge is 0.505 e. The van der Waals surface area contributed by atoms with E-state index in [1.165, 1.54) is 50.5 Å². The Hall–Kier alpha value is -2.56. The van der Waals surface area contributed by atoms with E-state index in [9.17, 15) is 5.11 Å². The fourth-order valence-electron chi connectivity index (χ4n) is 3.86. The van der Waals surface area contributed by atoms with Gasteiger partial charge < -0.3 is 9.84 Å². The average Bonchev–Trinajstić information content (AvgIpc) is 3.18. The summed E-state index contributed by atoms with van der Waals surface area (Å²) in [6.07, 6.45) is 11.5. The van der Waals surface area contributed by atoms with Gasteiger partial charge in [0.2, 0.25) is 0 Å². The Morgan fingerprint density at radius 1 is 0.833 bits per heavy atom. The number of aryl methyl sites for hydroxylation is 2. The highest BCUT2D eigenvalue weighted by molar-refractivity contribution is 5.76. The van der Waals surface area contributed by atoms with Crippen LogP contribution in [0.4, 0.5) is 0 Å². The molecule has 0 fully saturated rings. The number of hydrogen-bond acceptors (Lipinski definition) is 4. The molecule has 0 saturated carbocycles. The molecule has 0 aliphatic heterocycles. The molecule has 3 aromatic rings. The molecule has 1 aromatic heterocycles. The number of methoxy groups -OCH3 is 1. The summed E-state index contributed by atoms with van der Waals surface area (Å²) in [5.74, 6) is 1.05. The van der Waals surface area contributed by atoms with Crippen LogP contribution in [0.5, 0.6) is 11.5 Å². The van der Waals surface area contributed by atoms with Crippen LogP contribution in [0.15, 0.2) is 30.3 Å². The summed E-state index contributed by atoms with van der Waals surface area (Å²) in [5.41, 5.74) is 4.47. The predicted octanol–water partition coefficient (Wildman–Crippen LogP) is 6.38. The topological polar surface area (TPSA) is 60.2 Å². The summed E-state index contributed by atoms with van der Waals surface area (Å²) in [5, 5.41) is 20.3. The van der Waals surface area contributed by atoms with Crippen LogP contribution in [0, 0.1) is 0 Å². The van der Waals surface area contributed by atoms with Gasteiger partial charge >= 0.3 is 0 Å². The van der Waals surface area contributed by atoms with E-state index < -0.39 is 0 Å². The van der Waals surface area contributed by atoms with Crippen LogP contribution >= 0.6 is 0 Å². The number of unbranched alkanes of at least 4 members (excludes halogenated alkanes) is 6. The molecule has 30 heavy (non-hydrogen) atoms. The van der Waals surface area contributed by atoms with Gasteiger partial charge in [-0.15, -0.1) is 15.0 Å². The van der Waals surface area contributed by atoms with Gasteiger partial charge in [-0.3, -0.25) is 0 Å². The molecule has 0 spiro atoms. The summed E-state index contributed by atoms with van der Waals surface area (Å²) in [4.78, 5) is 1.57. The number of nitrogens with zero attached hydrogens (tertiary/aromatic N) is 3. The molecular weight excluding hydrogens is 374 g/mol. The number of hydrogen-bond donors (Lipinski definition) is 1. The van der Waals surface area contributed by atoms with Crippen LogP contribution in [0.1, 0.15) is 76.3 Å². The summed E-state index contributed by atoms with van der Waals surface area (Å²) in [6.45, 7) is 4.45. The molecule has 3 rings (SSSR count). The van der Waals surface area contributed by atoms with Gasteiger partial charge in [0.25, 0.3) is 0 Å². The van der Waals surface area contributed by atoms with Crippen molar-refractivity contribution in [2.45, 2.75) is 78.1 Å². The molecule has 0 bridgehead atoms. The van der Waals surface area contributed by atoms with Gasteiger partial charge in [-0.05, 0) is 55.0 Å². The second-order valence-electron chi connectivity index (χ2n) is 8.09. The molecule has 0 atom stereocenters. The van der Waals surface area contributed by atoms with Crippen molar-refractivity contribution in [1.29, 1.82) is 0 Å². The van der Waals surface area contributed by atoms with Crippen molar-refractivity contribution in [3.8, 4) is 17.2 Å². The first-order valence-electron chi connectivity index (χ1n) is 11.4. The lowest BCUT2D eigenvalue weighted by Crippen LogP contribution is -2.03. The van der Waals surface area contributed by atoms with E-state index in [-0.39, 0.29) is 0 Å². The molecule has 0 unspecified atom stereocenters. The van der Waals surface area contributed by atoms with Crippen molar-refractivity contribution in [3.05, 3.63) is 41.5 Å². The van der Waals surface area contributed by atoms with Crippen molar-refractivity contribution < 1.29 is 9.84 Å². The molecular formula is C25H35N3O2. The minimum Gasteiger partial charge on any atom is -0.505 e. The lowest BCUT2D eigenvalue weighted by Gasteiger charge is -2.13. The van der Waals surface area contributed by atoms with E-state index in [1.807, 2.05) is 24.3 Å². The highest BCUT2D eigenvalue weighted by Crippen LogP contribution is 2.31. The standard InChI is InChI=1S/C25H35N3O2/c1-4-6-8-10-12-19-16-20(13-11-9-7-5-2)25(29)24(17-19)28-26-22-15-14-21(30-3)18-23(22)27-28/h14-18,29H,4-13H2,1-3H3. The second-order valence-corrected chi connectivity index (χ2v) is 8.09. The SMILES string of the molecule is CCCCCCc1cc(CCCCCC)c(O)c(-n2nc3ccc(OC)cc3n2)c1. The van der Waals surface area contributed by atoms with E-state index in [0.717, 1.165) is 41.6 Å². The van der Waals surface area contributed by atoms with E-state index >= 15 is 0 Å². The minimum atomic E-state index is 0.302. The van der Waals surface area contributed by atoms with Crippen molar-refractivity contribution in [1.82, 2.24) is 15.0 Å². The van der Waals surface area contributed by atoms with Gasteiger partial charge in [0, 0.05) is 6.07 Å². The molecule has 162 valence electrons. The summed E-state index contributed by atoms with van der Waals surface area (Å²) >= 11 is 0. The average molecular weight is 410 g/mol. The number of ether oxygens (including phenoxy) is 1. The Morgan fingerprint density at radius 2 is 1.53 bits per heavy atom. The molecule has 1 N–H and O–H groups in total. The van der Waals surface area contributed by atoms with Crippen molar-refractivity contribution in [2.75, 3.05) is 7.11 Å². The summed E-state index contributed by atoms with van der Waals surface area (Å²) in [7, 11) is 1.64. The summed E-state index contributed by atoms with van der Waals surface area (Å²) in [6, 6.07) is 9.88. The fraction of sp³-hybridized carbons (Fsp3) is 0.520. The first kappa shape index (κ1) is 22.1. The van der Waals surface area contributed by atoms with E-state index in [4.69, 9.17) is 4.74 Å². The van der Waals surface area contributed by atoms with E-state index in [2.05, 4.69) is 30.1 Å². The monoisotopic (exact) mass is 409 g/mol. The molecule has 0 aliphatic carbocycles. The molecule has 0 amide bonds. The molecule has 0 aliphatic rings. The fourth-order valence-corrected chi connectivity index (χ4v) is 3.86. The highest BCUT2D eigenvalue weighted by atomic mass is 16.5. The number of aromatic nitrogens is 3. The number of phenols is 1. The second kappa shape index (κ2) is 11.0. The van der Waals surface area contributed by atoms with Crippen molar-refractivity contribution in [2.24, 2.45) is 0 Å². The van der Waals surface area contributed by atoms with Crippen molar-refractivity contribution >= 4 is 11.0 Å². The zero-order valence-electron chi connectivity index (χ0n) is 18.7. The van der Waals surface area contributed by atoms with Crippen LogP contribution in [-0.2, 0) is 12.8 Å². The van der Waals surface area contributed by atoms with E-state index in [0.29, 0.717) is 11.4 Å². The van der Waals surface area contributed by atoms with Gasteiger partial charge in [0.05, 0.1) is 7.11 Å². The first-order chi connectivity index (χ1) is 14.7. The number of fused-ring (bicyclic) bond motifs is 1. The van der Waals surface area contributed by atoms with Crippen molar-refractivity contribution in [3.63, 3.8) is 0 Å². The van der Waals surface area contributed by atoms with Gasteiger partial charge in [-0.2, -0.15) is 0 Å². The number of rotatable bonds is 12. The van der Waals surface area contributed by atoms with Crippen LogP contribution in [0.3, 0.4) is 0 Å². The molecule has 5 nitrogen and oxygen atoms in total. The maximum Gasteiger partial charge on any atom is 0.146 e. The summed E-state index contributed by atoms with van der Waals surface area (Å²) < 4.78 is 5.30. The number of aromatic hydroxyl groups is 1. The minimum absolute atomic E-state index is 0.302. The van der Waals surface area contributed by atoms with Crippen LogP contribution in [0.2, 0.25) is 0 Å². The third-order valence-electron chi connectivity index (χ3n) is 5.65. The maximum absolute atomic E-state index is 11.0. The smallest absolute Gasteiger partial charge is 0.146 e. The third kappa shape index (κ3) is 5.53.